The molecule has 0 aliphatic carbocycles. The maximum absolute atomic E-state index is 12.5. The smallest absolute Gasteiger partial charge is 0.427 e. The van der Waals surface area contributed by atoms with Crippen LogP contribution < -0.4 is 0 Å². The zero-order valence-electron chi connectivity index (χ0n) is 10.9. The minimum atomic E-state index is -4.78. The second kappa shape index (κ2) is 6.23. The molecule has 1 aliphatic heterocycles. The van der Waals surface area contributed by atoms with Gasteiger partial charge in [-0.3, -0.25) is 0 Å². The Hall–Kier alpha value is -1.28. The number of rotatable bonds is 2. The highest BCUT2D eigenvalue weighted by Crippen LogP contribution is 2.28. The van der Waals surface area contributed by atoms with Crippen LogP contribution in [0.5, 0.6) is 0 Å². The lowest BCUT2D eigenvalue weighted by Crippen LogP contribution is -2.43. The molecule has 0 spiro atoms. The number of benzene rings is 1. The first-order chi connectivity index (χ1) is 9.82. The topological polar surface area (TPSA) is 49.8 Å². The molecule has 1 heterocycles. The molecule has 2 rings (SSSR count). The van der Waals surface area contributed by atoms with Crippen molar-refractivity contribution < 1.29 is 27.8 Å². The summed E-state index contributed by atoms with van der Waals surface area (Å²) in [7, 11) is 0. The minimum Gasteiger partial charge on any atom is -0.434 e. The van der Waals surface area contributed by atoms with Gasteiger partial charge in [-0.25, -0.2) is 4.79 Å². The Bertz CT molecular complexity index is 536. The molecule has 1 N–H and O–H groups in total. The molecule has 0 radical (unpaired) electrons. The van der Waals surface area contributed by atoms with Gasteiger partial charge in [0.05, 0.1) is 6.61 Å². The van der Waals surface area contributed by atoms with Crippen molar-refractivity contribution in [3.05, 3.63) is 33.8 Å². The lowest BCUT2D eigenvalue weighted by Gasteiger charge is -2.30. The summed E-state index contributed by atoms with van der Waals surface area (Å²) in [5.41, 5.74) is 1.90. The van der Waals surface area contributed by atoms with Crippen molar-refractivity contribution in [1.29, 1.82) is 0 Å². The first-order valence-corrected chi connectivity index (χ1v) is 7.01. The molecule has 4 nitrogen and oxygen atoms in total. The van der Waals surface area contributed by atoms with Crippen molar-refractivity contribution >= 4 is 22.0 Å². The number of fused-ring (bicyclic) bond motifs is 1. The SMILES string of the molecule is O=C(O[C@H](CO)C(F)(F)F)N1CCc2c(Br)cccc2C1. The van der Waals surface area contributed by atoms with Gasteiger partial charge in [-0.2, -0.15) is 13.2 Å². The number of nitrogens with zero attached hydrogens (tertiary/aromatic N) is 1. The highest BCUT2D eigenvalue weighted by atomic mass is 79.9. The van der Waals surface area contributed by atoms with E-state index < -0.39 is 25.0 Å². The molecule has 21 heavy (non-hydrogen) atoms. The van der Waals surface area contributed by atoms with Gasteiger partial charge in [-0.15, -0.1) is 0 Å². The van der Waals surface area contributed by atoms with Gasteiger partial charge >= 0.3 is 12.3 Å². The van der Waals surface area contributed by atoms with Crippen molar-refractivity contribution in [2.75, 3.05) is 13.2 Å². The molecule has 0 aromatic heterocycles. The summed E-state index contributed by atoms with van der Waals surface area (Å²) in [6, 6.07) is 5.48. The molecular weight excluding hydrogens is 355 g/mol. The molecule has 1 atom stereocenters. The molecule has 1 amide bonds. The number of alkyl halides is 3. The van der Waals surface area contributed by atoms with Crippen LogP contribution in [0.3, 0.4) is 0 Å². The number of ether oxygens (including phenoxy) is 1. The standard InChI is InChI=1S/C13H13BrF3NO3/c14-10-3-1-2-8-6-18(5-4-9(8)10)12(20)21-11(7-19)13(15,16)17/h1-3,11,19H,4-7H2/t11-/m1/s1. The van der Waals surface area contributed by atoms with Crippen LogP contribution >= 0.6 is 15.9 Å². The van der Waals surface area contributed by atoms with Crippen LogP contribution in [0.2, 0.25) is 0 Å². The Morgan fingerprint density at radius 2 is 2.19 bits per heavy atom. The summed E-state index contributed by atoms with van der Waals surface area (Å²) >= 11 is 3.40. The van der Waals surface area contributed by atoms with Crippen molar-refractivity contribution in [2.24, 2.45) is 0 Å². The van der Waals surface area contributed by atoms with E-state index in [1.54, 1.807) is 6.07 Å². The van der Waals surface area contributed by atoms with E-state index in [1.165, 1.54) is 4.90 Å². The molecule has 0 saturated heterocycles. The third-order valence-corrected chi connectivity index (χ3v) is 3.98. The Morgan fingerprint density at radius 3 is 2.81 bits per heavy atom. The molecule has 0 bridgehead atoms. The van der Waals surface area contributed by atoms with E-state index in [-0.39, 0.29) is 13.1 Å². The molecule has 1 aromatic carbocycles. The first kappa shape index (κ1) is 16.1. The fraction of sp³-hybridized carbons (Fsp3) is 0.462. The van der Waals surface area contributed by atoms with Crippen molar-refractivity contribution in [3.8, 4) is 0 Å². The van der Waals surface area contributed by atoms with E-state index in [0.717, 1.165) is 15.6 Å². The maximum Gasteiger partial charge on any atom is 0.427 e. The van der Waals surface area contributed by atoms with Gasteiger partial charge in [0.2, 0.25) is 6.10 Å². The molecular formula is C13H13BrF3NO3. The van der Waals surface area contributed by atoms with E-state index >= 15 is 0 Å². The lowest BCUT2D eigenvalue weighted by atomic mass is 10.0. The van der Waals surface area contributed by atoms with Gasteiger partial charge in [0.1, 0.15) is 0 Å². The molecule has 0 fully saturated rings. The largest absolute Gasteiger partial charge is 0.434 e. The van der Waals surface area contributed by atoms with Crippen LogP contribution in [0.1, 0.15) is 11.1 Å². The number of hydrogen-bond donors (Lipinski definition) is 1. The maximum atomic E-state index is 12.5. The number of hydrogen-bond acceptors (Lipinski definition) is 3. The first-order valence-electron chi connectivity index (χ1n) is 6.22. The molecule has 1 aromatic rings. The lowest BCUT2D eigenvalue weighted by molar-refractivity contribution is -0.214. The van der Waals surface area contributed by atoms with Crippen molar-refractivity contribution in [2.45, 2.75) is 25.2 Å². The summed E-state index contributed by atoms with van der Waals surface area (Å²) in [5.74, 6) is 0. The predicted molar refractivity (Wildman–Crippen MR) is 71.7 cm³/mol. The Kier molecular flexibility index (Phi) is 4.77. The number of amides is 1. The Balaban J connectivity index is 2.06. The van der Waals surface area contributed by atoms with E-state index in [4.69, 9.17) is 5.11 Å². The van der Waals surface area contributed by atoms with Gasteiger partial charge < -0.3 is 14.7 Å². The summed E-state index contributed by atoms with van der Waals surface area (Å²) in [6.45, 7) is -0.834. The second-order valence-corrected chi connectivity index (χ2v) is 5.50. The normalized spacial score (nSPS) is 16.3. The highest BCUT2D eigenvalue weighted by molar-refractivity contribution is 9.10. The fourth-order valence-electron chi connectivity index (χ4n) is 2.12. The second-order valence-electron chi connectivity index (χ2n) is 4.65. The number of carbonyl (C=O) groups excluding carboxylic acids is 1. The molecule has 0 saturated carbocycles. The summed E-state index contributed by atoms with van der Waals surface area (Å²) < 4.78 is 42.7. The number of carbonyl (C=O) groups is 1. The molecule has 116 valence electrons. The van der Waals surface area contributed by atoms with Gasteiger partial charge in [0.25, 0.3) is 0 Å². The third-order valence-electron chi connectivity index (χ3n) is 3.24. The van der Waals surface area contributed by atoms with Gasteiger partial charge in [-0.1, -0.05) is 28.1 Å². The van der Waals surface area contributed by atoms with Crippen LogP contribution in [0.4, 0.5) is 18.0 Å². The van der Waals surface area contributed by atoms with Crippen LogP contribution in [0.15, 0.2) is 22.7 Å². The minimum absolute atomic E-state index is 0.184. The van der Waals surface area contributed by atoms with Crippen molar-refractivity contribution in [1.82, 2.24) is 4.90 Å². The van der Waals surface area contributed by atoms with Crippen LogP contribution in [-0.2, 0) is 17.7 Å². The zero-order valence-corrected chi connectivity index (χ0v) is 12.4. The van der Waals surface area contributed by atoms with Gasteiger partial charge in [0, 0.05) is 17.6 Å². The third kappa shape index (κ3) is 3.68. The van der Waals surface area contributed by atoms with Crippen LogP contribution in [-0.4, -0.2) is 41.5 Å². The van der Waals surface area contributed by atoms with Gasteiger partial charge in [0.15, 0.2) is 0 Å². The fourth-order valence-corrected chi connectivity index (χ4v) is 2.73. The van der Waals surface area contributed by atoms with E-state index in [2.05, 4.69) is 20.7 Å². The molecule has 0 unspecified atom stereocenters. The molecule has 1 aliphatic rings. The number of aliphatic hydroxyl groups is 1. The van der Waals surface area contributed by atoms with Crippen LogP contribution in [0.25, 0.3) is 0 Å². The monoisotopic (exact) mass is 367 g/mol. The van der Waals surface area contributed by atoms with E-state index in [0.29, 0.717) is 6.42 Å². The zero-order chi connectivity index (χ0) is 15.6. The van der Waals surface area contributed by atoms with Crippen molar-refractivity contribution in [3.63, 3.8) is 0 Å². The molecule has 8 heteroatoms. The predicted octanol–water partition coefficient (Wildman–Crippen LogP) is 2.87. The average Bonchev–Trinajstić information content (AvgIpc) is 2.43. The summed E-state index contributed by atoms with van der Waals surface area (Å²) in [4.78, 5) is 13.0. The number of aliphatic hydroxyl groups excluding tert-OH is 1. The Labute approximate surface area is 127 Å². The van der Waals surface area contributed by atoms with E-state index in [1.807, 2.05) is 12.1 Å². The Morgan fingerprint density at radius 1 is 1.48 bits per heavy atom. The number of halogens is 4. The van der Waals surface area contributed by atoms with Gasteiger partial charge in [-0.05, 0) is 23.6 Å². The summed E-state index contributed by atoms with van der Waals surface area (Å²) in [6.07, 6.45) is -7.81. The summed E-state index contributed by atoms with van der Waals surface area (Å²) in [5, 5.41) is 8.68. The quantitative estimate of drug-likeness (QED) is 0.874. The average molecular weight is 368 g/mol. The highest BCUT2D eigenvalue weighted by Gasteiger charge is 2.43. The van der Waals surface area contributed by atoms with Crippen LogP contribution in [0, 0.1) is 0 Å². The van der Waals surface area contributed by atoms with E-state index in [9.17, 15) is 18.0 Å².